The molecule has 0 bridgehead atoms. The van der Waals surface area contributed by atoms with Crippen molar-refractivity contribution in [3.8, 4) is 0 Å². The Kier molecular flexibility index (Phi) is 2.17. The zero-order valence-corrected chi connectivity index (χ0v) is 7.92. The number of rotatable bonds is 3. The molecule has 1 aromatic rings. The van der Waals surface area contributed by atoms with E-state index in [0.717, 1.165) is 12.0 Å². The second-order valence-electron chi connectivity index (χ2n) is 3.94. The Morgan fingerprint density at radius 2 is 1.92 bits per heavy atom. The van der Waals surface area contributed by atoms with Crippen LogP contribution in [0, 0.1) is 12.8 Å². The van der Waals surface area contributed by atoms with Gasteiger partial charge in [-0.3, -0.25) is 4.79 Å². The number of carbonyl (C=O) groups is 1. The molecule has 1 aliphatic rings. The molecule has 1 heteroatoms. The van der Waals surface area contributed by atoms with E-state index in [1.165, 1.54) is 18.4 Å². The Hall–Kier alpha value is -1.11. The minimum atomic E-state index is 0.308. The predicted octanol–water partition coefficient (Wildman–Crippen LogP) is 2.98. The van der Waals surface area contributed by atoms with Crippen LogP contribution in [0.1, 0.15) is 35.2 Å². The first kappa shape index (κ1) is 8.49. The van der Waals surface area contributed by atoms with E-state index in [1.807, 2.05) is 31.2 Å². The Balaban J connectivity index is 2.05. The zero-order valence-electron chi connectivity index (χ0n) is 7.92. The lowest BCUT2D eigenvalue weighted by molar-refractivity contribution is 0.0976. The molecule has 0 unspecified atom stereocenters. The van der Waals surface area contributed by atoms with Gasteiger partial charge in [0, 0.05) is 12.0 Å². The van der Waals surface area contributed by atoms with E-state index >= 15 is 0 Å². The summed E-state index contributed by atoms with van der Waals surface area (Å²) in [4.78, 5) is 11.6. The number of aryl methyl sites for hydroxylation is 1. The highest BCUT2D eigenvalue weighted by atomic mass is 16.1. The smallest absolute Gasteiger partial charge is 0.163 e. The van der Waals surface area contributed by atoms with Crippen molar-refractivity contribution in [2.75, 3.05) is 0 Å². The van der Waals surface area contributed by atoms with Crippen LogP contribution in [0.2, 0.25) is 0 Å². The third kappa shape index (κ3) is 2.18. The summed E-state index contributed by atoms with van der Waals surface area (Å²) in [5, 5.41) is 0. The van der Waals surface area contributed by atoms with E-state index in [1.54, 1.807) is 0 Å². The number of benzene rings is 1. The second-order valence-corrected chi connectivity index (χ2v) is 3.94. The van der Waals surface area contributed by atoms with Gasteiger partial charge in [-0.05, 0) is 25.7 Å². The van der Waals surface area contributed by atoms with Crippen molar-refractivity contribution in [3.63, 3.8) is 0 Å². The molecule has 0 saturated heterocycles. The lowest BCUT2D eigenvalue weighted by atomic mass is 10.0. The Bertz CT molecular complexity index is 306. The minimum absolute atomic E-state index is 0.308. The SMILES string of the molecule is Cc1ccc(C(=O)CC2CC2)cc1. The van der Waals surface area contributed by atoms with Gasteiger partial charge < -0.3 is 0 Å². The summed E-state index contributed by atoms with van der Waals surface area (Å²) in [6.45, 7) is 2.04. The molecule has 0 amide bonds. The molecule has 0 aromatic heterocycles. The molecule has 0 heterocycles. The Morgan fingerprint density at radius 3 is 2.46 bits per heavy atom. The number of hydrogen-bond donors (Lipinski definition) is 0. The molecular weight excluding hydrogens is 160 g/mol. The zero-order chi connectivity index (χ0) is 9.26. The van der Waals surface area contributed by atoms with Gasteiger partial charge in [0.2, 0.25) is 0 Å². The summed E-state index contributed by atoms with van der Waals surface area (Å²) in [5.41, 5.74) is 2.08. The maximum absolute atomic E-state index is 11.6. The summed E-state index contributed by atoms with van der Waals surface area (Å²) in [7, 11) is 0. The lowest BCUT2D eigenvalue weighted by Crippen LogP contribution is -1.99. The van der Waals surface area contributed by atoms with Crippen molar-refractivity contribution in [1.29, 1.82) is 0 Å². The summed E-state index contributed by atoms with van der Waals surface area (Å²) >= 11 is 0. The van der Waals surface area contributed by atoms with Gasteiger partial charge in [0.05, 0.1) is 0 Å². The molecule has 68 valence electrons. The van der Waals surface area contributed by atoms with Gasteiger partial charge in [0.25, 0.3) is 0 Å². The maximum atomic E-state index is 11.6. The molecule has 2 rings (SSSR count). The molecule has 1 aliphatic carbocycles. The predicted molar refractivity (Wildman–Crippen MR) is 52.9 cm³/mol. The molecule has 13 heavy (non-hydrogen) atoms. The number of Topliss-reactive ketones (excluding diaryl/α,β-unsaturated/α-hetero) is 1. The van der Waals surface area contributed by atoms with Gasteiger partial charge >= 0.3 is 0 Å². The third-order valence-corrected chi connectivity index (χ3v) is 2.54. The van der Waals surface area contributed by atoms with Gasteiger partial charge in [-0.2, -0.15) is 0 Å². The van der Waals surface area contributed by atoms with Crippen LogP contribution >= 0.6 is 0 Å². The van der Waals surface area contributed by atoms with Crippen LogP contribution < -0.4 is 0 Å². The molecule has 0 radical (unpaired) electrons. The van der Waals surface area contributed by atoms with E-state index < -0.39 is 0 Å². The van der Waals surface area contributed by atoms with Crippen molar-refractivity contribution in [2.24, 2.45) is 5.92 Å². The van der Waals surface area contributed by atoms with Crippen LogP contribution in [-0.2, 0) is 0 Å². The van der Waals surface area contributed by atoms with Crippen LogP contribution in [0.4, 0.5) is 0 Å². The van der Waals surface area contributed by atoms with E-state index in [4.69, 9.17) is 0 Å². The molecule has 1 fully saturated rings. The van der Waals surface area contributed by atoms with Crippen molar-refractivity contribution >= 4 is 5.78 Å². The van der Waals surface area contributed by atoms with Gasteiger partial charge in [-0.15, -0.1) is 0 Å². The van der Waals surface area contributed by atoms with Gasteiger partial charge in [-0.1, -0.05) is 29.8 Å². The van der Waals surface area contributed by atoms with Crippen molar-refractivity contribution < 1.29 is 4.79 Å². The van der Waals surface area contributed by atoms with E-state index in [9.17, 15) is 4.79 Å². The van der Waals surface area contributed by atoms with Crippen molar-refractivity contribution in [3.05, 3.63) is 35.4 Å². The summed E-state index contributed by atoms with van der Waals surface area (Å²) in [5.74, 6) is 0.997. The van der Waals surface area contributed by atoms with E-state index in [2.05, 4.69) is 0 Å². The largest absolute Gasteiger partial charge is 0.294 e. The summed E-state index contributed by atoms with van der Waals surface area (Å²) < 4.78 is 0. The Labute approximate surface area is 78.8 Å². The van der Waals surface area contributed by atoms with Gasteiger partial charge in [0.1, 0.15) is 0 Å². The molecule has 0 N–H and O–H groups in total. The summed E-state index contributed by atoms with van der Waals surface area (Å²) in [6, 6.07) is 7.86. The minimum Gasteiger partial charge on any atom is -0.294 e. The van der Waals surface area contributed by atoms with Crippen molar-refractivity contribution in [1.82, 2.24) is 0 Å². The second kappa shape index (κ2) is 3.33. The maximum Gasteiger partial charge on any atom is 0.163 e. The van der Waals surface area contributed by atoms with Crippen LogP contribution in [-0.4, -0.2) is 5.78 Å². The quantitative estimate of drug-likeness (QED) is 0.644. The average molecular weight is 174 g/mol. The molecule has 1 saturated carbocycles. The van der Waals surface area contributed by atoms with Crippen LogP contribution in [0.3, 0.4) is 0 Å². The fourth-order valence-corrected chi connectivity index (χ4v) is 1.44. The average Bonchev–Trinajstić information content (AvgIpc) is 2.89. The van der Waals surface area contributed by atoms with Crippen LogP contribution in [0.15, 0.2) is 24.3 Å². The topological polar surface area (TPSA) is 17.1 Å². The van der Waals surface area contributed by atoms with Crippen LogP contribution in [0.25, 0.3) is 0 Å². The van der Waals surface area contributed by atoms with Crippen molar-refractivity contribution in [2.45, 2.75) is 26.2 Å². The fourth-order valence-electron chi connectivity index (χ4n) is 1.44. The highest BCUT2D eigenvalue weighted by Gasteiger charge is 2.24. The molecule has 0 spiro atoms. The molecule has 1 aromatic carbocycles. The fraction of sp³-hybridized carbons (Fsp3) is 0.417. The number of hydrogen-bond acceptors (Lipinski definition) is 1. The molecule has 1 nitrogen and oxygen atoms in total. The molecule has 0 atom stereocenters. The standard InChI is InChI=1S/C12H14O/c1-9-2-6-11(7-3-9)12(13)8-10-4-5-10/h2-3,6-7,10H,4-5,8H2,1H3. The van der Waals surface area contributed by atoms with E-state index in [0.29, 0.717) is 11.7 Å². The highest BCUT2D eigenvalue weighted by Crippen LogP contribution is 2.33. The van der Waals surface area contributed by atoms with Crippen LogP contribution in [0.5, 0.6) is 0 Å². The normalized spacial score (nSPS) is 15.8. The first-order valence-corrected chi connectivity index (χ1v) is 4.85. The van der Waals surface area contributed by atoms with Gasteiger partial charge in [0.15, 0.2) is 5.78 Å². The number of ketones is 1. The first-order valence-electron chi connectivity index (χ1n) is 4.85. The lowest BCUT2D eigenvalue weighted by Gasteiger charge is -1.99. The first-order chi connectivity index (χ1) is 6.25. The third-order valence-electron chi connectivity index (χ3n) is 2.54. The number of carbonyl (C=O) groups excluding carboxylic acids is 1. The monoisotopic (exact) mass is 174 g/mol. The summed E-state index contributed by atoms with van der Waals surface area (Å²) in [6.07, 6.45) is 3.25. The molecule has 0 aliphatic heterocycles. The molecular formula is C12H14O. The highest BCUT2D eigenvalue weighted by molar-refractivity contribution is 5.96. The van der Waals surface area contributed by atoms with Gasteiger partial charge in [-0.25, -0.2) is 0 Å². The Morgan fingerprint density at radius 1 is 1.31 bits per heavy atom. The van der Waals surface area contributed by atoms with E-state index in [-0.39, 0.29) is 0 Å².